The van der Waals surface area contributed by atoms with E-state index in [0.717, 1.165) is 31.1 Å². The molecule has 110 valence electrons. The highest BCUT2D eigenvalue weighted by molar-refractivity contribution is 6.35. The average Bonchev–Trinajstić information content (AvgIpc) is 3.00. The first kappa shape index (κ1) is 13.9. The molecule has 1 atom stereocenters. The lowest BCUT2D eigenvalue weighted by atomic mass is 9.98. The van der Waals surface area contributed by atoms with Gasteiger partial charge in [0, 0.05) is 19.0 Å². The maximum atomic E-state index is 6.20. The van der Waals surface area contributed by atoms with E-state index in [2.05, 4.69) is 27.0 Å². The number of aromatic nitrogens is 2. The molecule has 1 saturated heterocycles. The molecule has 2 N–H and O–H groups in total. The minimum absolute atomic E-state index is 0.328. The Morgan fingerprint density at radius 1 is 1.29 bits per heavy atom. The van der Waals surface area contributed by atoms with Gasteiger partial charge in [-0.15, -0.1) is 0 Å². The number of hydrogen-bond acceptors (Lipinski definition) is 5. The van der Waals surface area contributed by atoms with Crippen molar-refractivity contribution in [3.8, 4) is 5.75 Å². The predicted octanol–water partition coefficient (Wildman–Crippen LogP) is 2.71. The average molecular weight is 305 g/mol. The Morgan fingerprint density at radius 2 is 2.05 bits per heavy atom. The van der Waals surface area contributed by atoms with Gasteiger partial charge in [0.25, 0.3) is 0 Å². The zero-order valence-electron chi connectivity index (χ0n) is 11.8. The molecule has 0 aliphatic carbocycles. The lowest BCUT2D eigenvalue weighted by Gasteiger charge is -2.19. The molecule has 0 spiro atoms. The number of methoxy groups -OCH3 is 1. The zero-order chi connectivity index (χ0) is 14.8. The van der Waals surface area contributed by atoms with E-state index in [0.29, 0.717) is 16.8 Å². The van der Waals surface area contributed by atoms with Gasteiger partial charge in [-0.2, -0.15) is 0 Å². The second-order valence-electron chi connectivity index (χ2n) is 5.10. The monoisotopic (exact) mass is 304 g/mol. The van der Waals surface area contributed by atoms with E-state index in [1.807, 2.05) is 12.1 Å². The second-order valence-corrected chi connectivity index (χ2v) is 5.48. The summed E-state index contributed by atoms with van der Waals surface area (Å²) in [4.78, 5) is 10.3. The van der Waals surface area contributed by atoms with Crippen molar-refractivity contribution in [2.24, 2.45) is 0 Å². The SMILES string of the molecule is COc1ccc(C2CCN(c3ncnc(N)c3Cl)C2)cc1. The van der Waals surface area contributed by atoms with Crippen LogP contribution >= 0.6 is 11.6 Å². The first-order chi connectivity index (χ1) is 10.2. The summed E-state index contributed by atoms with van der Waals surface area (Å²) in [6.07, 6.45) is 2.52. The minimum atomic E-state index is 0.328. The summed E-state index contributed by atoms with van der Waals surface area (Å²) >= 11 is 6.20. The molecule has 1 aromatic heterocycles. The topological polar surface area (TPSA) is 64.3 Å². The van der Waals surface area contributed by atoms with Crippen LogP contribution in [0.15, 0.2) is 30.6 Å². The van der Waals surface area contributed by atoms with E-state index in [-0.39, 0.29) is 0 Å². The molecule has 0 saturated carbocycles. The fraction of sp³-hybridized carbons (Fsp3) is 0.333. The highest BCUT2D eigenvalue weighted by atomic mass is 35.5. The summed E-state index contributed by atoms with van der Waals surface area (Å²) in [6.45, 7) is 1.79. The summed E-state index contributed by atoms with van der Waals surface area (Å²) in [7, 11) is 1.67. The van der Waals surface area contributed by atoms with Crippen molar-refractivity contribution in [2.45, 2.75) is 12.3 Å². The Balaban J connectivity index is 1.77. The van der Waals surface area contributed by atoms with Gasteiger partial charge in [0.1, 0.15) is 22.9 Å². The van der Waals surface area contributed by atoms with Crippen molar-refractivity contribution >= 4 is 23.2 Å². The maximum Gasteiger partial charge on any atom is 0.153 e. The number of benzene rings is 1. The highest BCUT2D eigenvalue weighted by Crippen LogP contribution is 2.34. The molecule has 3 rings (SSSR count). The Morgan fingerprint density at radius 3 is 2.76 bits per heavy atom. The Hall–Kier alpha value is -2.01. The van der Waals surface area contributed by atoms with Gasteiger partial charge in [-0.3, -0.25) is 0 Å². The maximum absolute atomic E-state index is 6.20. The van der Waals surface area contributed by atoms with Gasteiger partial charge in [-0.1, -0.05) is 23.7 Å². The molecule has 21 heavy (non-hydrogen) atoms. The van der Waals surface area contributed by atoms with Crippen molar-refractivity contribution in [1.29, 1.82) is 0 Å². The van der Waals surface area contributed by atoms with Crippen LogP contribution in [0.25, 0.3) is 0 Å². The molecular formula is C15H17ClN4O. The van der Waals surface area contributed by atoms with Gasteiger partial charge in [-0.25, -0.2) is 9.97 Å². The second kappa shape index (κ2) is 5.77. The standard InChI is InChI=1S/C15H17ClN4O/c1-21-12-4-2-10(3-5-12)11-6-7-20(8-11)15-13(16)14(17)18-9-19-15/h2-5,9,11H,6-8H2,1H3,(H2,17,18,19). The molecule has 1 fully saturated rings. The van der Waals surface area contributed by atoms with E-state index in [1.54, 1.807) is 7.11 Å². The van der Waals surface area contributed by atoms with Crippen LogP contribution in [0.3, 0.4) is 0 Å². The van der Waals surface area contributed by atoms with Gasteiger partial charge < -0.3 is 15.4 Å². The van der Waals surface area contributed by atoms with Crippen molar-refractivity contribution in [3.63, 3.8) is 0 Å². The molecule has 0 radical (unpaired) electrons. The minimum Gasteiger partial charge on any atom is -0.497 e. The van der Waals surface area contributed by atoms with E-state index in [9.17, 15) is 0 Å². The molecule has 1 aromatic carbocycles. The van der Waals surface area contributed by atoms with Gasteiger partial charge in [0.2, 0.25) is 0 Å². The van der Waals surface area contributed by atoms with Gasteiger partial charge in [-0.05, 0) is 24.1 Å². The third-order valence-electron chi connectivity index (χ3n) is 3.87. The largest absolute Gasteiger partial charge is 0.497 e. The summed E-state index contributed by atoms with van der Waals surface area (Å²) in [5.74, 6) is 2.39. The van der Waals surface area contributed by atoms with Gasteiger partial charge in [0.15, 0.2) is 5.82 Å². The molecule has 1 aliphatic heterocycles. The fourth-order valence-corrected chi connectivity index (χ4v) is 2.91. The number of hydrogen-bond donors (Lipinski definition) is 1. The molecule has 6 heteroatoms. The van der Waals surface area contributed by atoms with Crippen LogP contribution in [0.2, 0.25) is 5.02 Å². The van der Waals surface area contributed by atoms with Crippen molar-refractivity contribution < 1.29 is 4.74 Å². The number of anilines is 2. The van der Waals surface area contributed by atoms with Crippen molar-refractivity contribution in [1.82, 2.24) is 9.97 Å². The van der Waals surface area contributed by atoms with Crippen LogP contribution in [-0.4, -0.2) is 30.2 Å². The Labute approximate surface area is 128 Å². The number of nitrogens with two attached hydrogens (primary N) is 1. The molecule has 1 aliphatic rings. The van der Waals surface area contributed by atoms with Crippen LogP contribution in [0.4, 0.5) is 11.6 Å². The molecule has 0 bridgehead atoms. The smallest absolute Gasteiger partial charge is 0.153 e. The summed E-state index contributed by atoms with van der Waals surface area (Å²) < 4.78 is 5.19. The number of nitrogen functional groups attached to an aromatic ring is 1. The van der Waals surface area contributed by atoms with Gasteiger partial charge in [0.05, 0.1) is 7.11 Å². The molecule has 2 aromatic rings. The van der Waals surface area contributed by atoms with Crippen LogP contribution in [0.1, 0.15) is 17.9 Å². The number of nitrogens with zero attached hydrogens (tertiary/aromatic N) is 3. The van der Waals surface area contributed by atoms with E-state index < -0.39 is 0 Å². The number of halogens is 1. The summed E-state index contributed by atoms with van der Waals surface area (Å²) in [6, 6.07) is 8.22. The third-order valence-corrected chi connectivity index (χ3v) is 4.24. The van der Waals surface area contributed by atoms with E-state index in [4.69, 9.17) is 22.1 Å². The summed E-state index contributed by atoms with van der Waals surface area (Å²) in [5.41, 5.74) is 7.04. The number of rotatable bonds is 3. The van der Waals surface area contributed by atoms with E-state index in [1.165, 1.54) is 11.9 Å². The quantitative estimate of drug-likeness (QED) is 0.944. The van der Waals surface area contributed by atoms with Crippen LogP contribution in [0.5, 0.6) is 5.75 Å². The molecule has 0 amide bonds. The van der Waals surface area contributed by atoms with Crippen LogP contribution in [0, 0.1) is 0 Å². The van der Waals surface area contributed by atoms with Gasteiger partial charge >= 0.3 is 0 Å². The zero-order valence-corrected chi connectivity index (χ0v) is 12.5. The summed E-state index contributed by atoms with van der Waals surface area (Å²) in [5, 5.41) is 0.438. The predicted molar refractivity (Wildman–Crippen MR) is 84.0 cm³/mol. The molecule has 1 unspecified atom stereocenters. The van der Waals surface area contributed by atoms with Crippen LogP contribution < -0.4 is 15.4 Å². The molecular weight excluding hydrogens is 288 g/mol. The lowest BCUT2D eigenvalue weighted by Crippen LogP contribution is -2.21. The van der Waals surface area contributed by atoms with Crippen molar-refractivity contribution in [3.05, 3.63) is 41.2 Å². The van der Waals surface area contributed by atoms with Crippen molar-refractivity contribution in [2.75, 3.05) is 30.8 Å². The highest BCUT2D eigenvalue weighted by Gasteiger charge is 2.26. The number of ether oxygens (including phenoxy) is 1. The molecule has 2 heterocycles. The fourth-order valence-electron chi connectivity index (χ4n) is 2.69. The molecule has 5 nitrogen and oxygen atoms in total. The van der Waals surface area contributed by atoms with Crippen LogP contribution in [-0.2, 0) is 0 Å². The van der Waals surface area contributed by atoms with E-state index >= 15 is 0 Å². The Kier molecular flexibility index (Phi) is 3.84. The Bertz CT molecular complexity index is 632. The first-order valence-electron chi connectivity index (χ1n) is 6.84. The normalized spacial score (nSPS) is 18.0. The first-order valence-corrected chi connectivity index (χ1v) is 7.21. The third kappa shape index (κ3) is 2.74. The lowest BCUT2D eigenvalue weighted by molar-refractivity contribution is 0.414.